The molecule has 0 radical (unpaired) electrons. The smallest absolute Gasteiger partial charge is 0.257 e. The third kappa shape index (κ3) is 4.93. The number of nitrogens with zero attached hydrogens (tertiary/aromatic N) is 2. The molecular formula is C25H21N3OS. The minimum Gasteiger partial charge on any atom is -0.322 e. The minimum absolute atomic E-state index is 0.157. The summed E-state index contributed by atoms with van der Waals surface area (Å²) in [5, 5.41) is 2.96. The van der Waals surface area contributed by atoms with Crippen molar-refractivity contribution in [1.29, 1.82) is 0 Å². The molecule has 4 aromatic rings. The quantitative estimate of drug-likeness (QED) is 0.396. The van der Waals surface area contributed by atoms with E-state index in [1.54, 1.807) is 18.0 Å². The van der Waals surface area contributed by atoms with E-state index < -0.39 is 0 Å². The molecule has 0 spiro atoms. The maximum absolute atomic E-state index is 12.7. The van der Waals surface area contributed by atoms with Crippen molar-refractivity contribution < 1.29 is 4.79 Å². The molecule has 0 fully saturated rings. The van der Waals surface area contributed by atoms with Crippen LogP contribution in [0.5, 0.6) is 0 Å². The second-order valence-corrected chi connectivity index (χ2v) is 7.87. The number of amides is 1. The van der Waals surface area contributed by atoms with Gasteiger partial charge < -0.3 is 5.32 Å². The predicted molar refractivity (Wildman–Crippen MR) is 123 cm³/mol. The van der Waals surface area contributed by atoms with Crippen LogP contribution in [0.25, 0.3) is 11.3 Å². The Labute approximate surface area is 180 Å². The van der Waals surface area contributed by atoms with Crippen molar-refractivity contribution in [3.05, 3.63) is 108 Å². The highest BCUT2D eigenvalue weighted by atomic mass is 32.2. The van der Waals surface area contributed by atoms with Crippen LogP contribution in [0, 0.1) is 6.92 Å². The van der Waals surface area contributed by atoms with Crippen LogP contribution in [-0.2, 0) is 5.75 Å². The van der Waals surface area contributed by atoms with E-state index in [2.05, 4.69) is 21.4 Å². The van der Waals surface area contributed by atoms with E-state index in [1.165, 1.54) is 5.56 Å². The fourth-order valence-corrected chi connectivity index (χ4v) is 3.89. The van der Waals surface area contributed by atoms with E-state index >= 15 is 0 Å². The second kappa shape index (κ2) is 9.37. The predicted octanol–water partition coefficient (Wildman–Crippen LogP) is 6.00. The number of benzene rings is 2. The summed E-state index contributed by atoms with van der Waals surface area (Å²) in [4.78, 5) is 22.6. The van der Waals surface area contributed by atoms with Gasteiger partial charge in [0.05, 0.1) is 17.0 Å². The number of carbonyl (C=O) groups is 1. The Bertz CT molecular complexity index is 1130. The van der Waals surface area contributed by atoms with Crippen LogP contribution in [0.3, 0.4) is 0 Å². The van der Waals surface area contributed by atoms with Gasteiger partial charge in [0.15, 0.2) is 0 Å². The summed E-state index contributed by atoms with van der Waals surface area (Å²) in [6, 6.07) is 25.5. The standard InChI is InChI=1S/C25H21N3OS/c1-18-23(13-14-24(27-18)20-7-3-2-4-8-20)25(29)28-21-9-11-22(12-10-21)30-17-19-6-5-15-26-16-19/h2-16H,17H2,1H3,(H,28,29). The van der Waals surface area contributed by atoms with Gasteiger partial charge in [-0.05, 0) is 55.0 Å². The van der Waals surface area contributed by atoms with Gasteiger partial charge in [-0.2, -0.15) is 0 Å². The first-order chi connectivity index (χ1) is 14.7. The van der Waals surface area contributed by atoms with Gasteiger partial charge >= 0.3 is 0 Å². The number of rotatable bonds is 6. The molecule has 2 aromatic carbocycles. The number of nitrogens with one attached hydrogen (secondary N) is 1. The normalized spacial score (nSPS) is 10.6. The number of aromatic nitrogens is 2. The highest BCUT2D eigenvalue weighted by Gasteiger charge is 2.12. The Kier molecular flexibility index (Phi) is 6.20. The van der Waals surface area contributed by atoms with E-state index in [9.17, 15) is 4.79 Å². The molecule has 5 heteroatoms. The minimum atomic E-state index is -0.157. The largest absolute Gasteiger partial charge is 0.322 e. The fraction of sp³-hybridized carbons (Fsp3) is 0.0800. The monoisotopic (exact) mass is 411 g/mol. The van der Waals surface area contributed by atoms with Crippen molar-refractivity contribution in [1.82, 2.24) is 9.97 Å². The molecule has 1 N–H and O–H groups in total. The molecule has 0 aliphatic carbocycles. The van der Waals surface area contributed by atoms with Crippen LogP contribution in [0.4, 0.5) is 5.69 Å². The fourth-order valence-electron chi connectivity index (χ4n) is 3.05. The Morgan fingerprint density at radius 3 is 2.43 bits per heavy atom. The van der Waals surface area contributed by atoms with E-state index in [-0.39, 0.29) is 5.91 Å². The highest BCUT2D eigenvalue weighted by molar-refractivity contribution is 7.98. The molecule has 2 heterocycles. The lowest BCUT2D eigenvalue weighted by Gasteiger charge is -2.10. The topological polar surface area (TPSA) is 54.9 Å². The molecule has 148 valence electrons. The number of aryl methyl sites for hydroxylation is 1. The van der Waals surface area contributed by atoms with Gasteiger partial charge in [-0.1, -0.05) is 36.4 Å². The first kappa shape index (κ1) is 19.9. The number of hydrogen-bond donors (Lipinski definition) is 1. The maximum atomic E-state index is 12.7. The first-order valence-corrected chi connectivity index (χ1v) is 10.6. The van der Waals surface area contributed by atoms with E-state index in [4.69, 9.17) is 0 Å². The molecule has 0 aliphatic rings. The molecule has 0 saturated carbocycles. The van der Waals surface area contributed by atoms with Crippen molar-refractivity contribution >= 4 is 23.4 Å². The van der Waals surface area contributed by atoms with Gasteiger partial charge in [0.2, 0.25) is 0 Å². The molecule has 0 aliphatic heterocycles. The van der Waals surface area contributed by atoms with Crippen LogP contribution >= 0.6 is 11.8 Å². The van der Waals surface area contributed by atoms with Crippen molar-refractivity contribution in [3.63, 3.8) is 0 Å². The van der Waals surface area contributed by atoms with Crippen molar-refractivity contribution in [2.24, 2.45) is 0 Å². The summed E-state index contributed by atoms with van der Waals surface area (Å²) in [6.07, 6.45) is 3.65. The molecule has 2 aromatic heterocycles. The Balaban J connectivity index is 1.40. The van der Waals surface area contributed by atoms with E-state index in [1.807, 2.05) is 85.9 Å². The zero-order chi connectivity index (χ0) is 20.8. The molecule has 0 atom stereocenters. The average Bonchev–Trinajstić information content (AvgIpc) is 2.80. The molecule has 1 amide bonds. The number of thioether (sulfide) groups is 1. The number of hydrogen-bond acceptors (Lipinski definition) is 4. The van der Waals surface area contributed by atoms with Crippen LogP contribution in [-0.4, -0.2) is 15.9 Å². The molecule has 0 unspecified atom stereocenters. The zero-order valence-electron chi connectivity index (χ0n) is 16.6. The summed E-state index contributed by atoms with van der Waals surface area (Å²) >= 11 is 1.74. The molecule has 4 rings (SSSR count). The lowest BCUT2D eigenvalue weighted by molar-refractivity contribution is 0.102. The summed E-state index contributed by atoms with van der Waals surface area (Å²) in [7, 11) is 0. The third-order valence-corrected chi connectivity index (χ3v) is 5.72. The molecular weight excluding hydrogens is 390 g/mol. The number of anilines is 1. The number of carbonyl (C=O) groups excluding carboxylic acids is 1. The summed E-state index contributed by atoms with van der Waals surface area (Å²) < 4.78 is 0. The van der Waals surface area contributed by atoms with E-state index in [0.29, 0.717) is 11.3 Å². The summed E-state index contributed by atoms with van der Waals surface area (Å²) in [5.74, 6) is 0.702. The SMILES string of the molecule is Cc1nc(-c2ccccc2)ccc1C(=O)Nc1ccc(SCc2cccnc2)cc1. The number of pyridine rings is 2. The Hall–Kier alpha value is -3.44. The van der Waals surface area contributed by atoms with E-state index in [0.717, 1.165) is 27.6 Å². The van der Waals surface area contributed by atoms with Crippen LogP contribution < -0.4 is 5.32 Å². The third-order valence-electron chi connectivity index (χ3n) is 4.64. The van der Waals surface area contributed by atoms with Gasteiger partial charge in [-0.3, -0.25) is 14.8 Å². The van der Waals surface area contributed by atoms with Gasteiger partial charge in [-0.25, -0.2) is 0 Å². The van der Waals surface area contributed by atoms with Gasteiger partial charge in [-0.15, -0.1) is 11.8 Å². The van der Waals surface area contributed by atoms with Gasteiger partial charge in [0, 0.05) is 34.3 Å². The molecule has 0 bridgehead atoms. The molecule has 0 saturated heterocycles. The summed E-state index contributed by atoms with van der Waals surface area (Å²) in [5.41, 5.74) is 5.12. The molecule has 4 nitrogen and oxygen atoms in total. The van der Waals surface area contributed by atoms with Crippen molar-refractivity contribution in [2.45, 2.75) is 17.6 Å². The maximum Gasteiger partial charge on any atom is 0.257 e. The average molecular weight is 412 g/mol. The van der Waals surface area contributed by atoms with Crippen LogP contribution in [0.2, 0.25) is 0 Å². The second-order valence-electron chi connectivity index (χ2n) is 6.82. The lowest BCUT2D eigenvalue weighted by atomic mass is 10.1. The van der Waals surface area contributed by atoms with Gasteiger partial charge in [0.1, 0.15) is 0 Å². The molecule has 30 heavy (non-hydrogen) atoms. The van der Waals surface area contributed by atoms with Crippen molar-refractivity contribution in [2.75, 3.05) is 5.32 Å². The zero-order valence-corrected chi connectivity index (χ0v) is 17.4. The summed E-state index contributed by atoms with van der Waals surface area (Å²) in [6.45, 7) is 1.86. The van der Waals surface area contributed by atoms with Crippen LogP contribution in [0.15, 0.2) is 96.2 Å². The van der Waals surface area contributed by atoms with Crippen LogP contribution in [0.1, 0.15) is 21.6 Å². The Morgan fingerprint density at radius 2 is 1.73 bits per heavy atom. The first-order valence-electron chi connectivity index (χ1n) is 9.65. The Morgan fingerprint density at radius 1 is 0.933 bits per heavy atom. The van der Waals surface area contributed by atoms with Gasteiger partial charge in [0.25, 0.3) is 5.91 Å². The van der Waals surface area contributed by atoms with Crippen molar-refractivity contribution in [3.8, 4) is 11.3 Å². The highest BCUT2D eigenvalue weighted by Crippen LogP contribution is 2.24. The lowest BCUT2D eigenvalue weighted by Crippen LogP contribution is -2.14.